The van der Waals surface area contributed by atoms with Crippen LogP contribution in [0.4, 0.5) is 0 Å². The molecule has 4 aromatic carbocycles. The van der Waals surface area contributed by atoms with Gasteiger partial charge in [-0.3, -0.25) is 4.79 Å². The van der Waals surface area contributed by atoms with E-state index in [4.69, 9.17) is 10.3 Å². The first-order valence-corrected chi connectivity index (χ1v) is 12.1. The number of rotatable bonds is 12. The van der Waals surface area contributed by atoms with E-state index in [2.05, 4.69) is 52.5 Å². The zero-order valence-electron chi connectivity index (χ0n) is 19.3. The van der Waals surface area contributed by atoms with Gasteiger partial charge in [-0.25, -0.2) is 0 Å². The summed E-state index contributed by atoms with van der Waals surface area (Å²) in [5.41, 5.74) is 8.26. The molecular formula is C28H31N3O2. The van der Waals surface area contributed by atoms with Crippen molar-refractivity contribution in [2.24, 2.45) is 11.0 Å². The number of hydrogen-bond donors (Lipinski definition) is 0. The van der Waals surface area contributed by atoms with Crippen LogP contribution in [0.25, 0.3) is 42.8 Å². The number of unbranched alkanes of at least 4 members (excludes halogenated alkanes) is 6. The second kappa shape index (κ2) is 11.0. The monoisotopic (exact) mass is 441 g/mol. The zero-order chi connectivity index (χ0) is 23.0. The van der Waals surface area contributed by atoms with Crippen molar-refractivity contribution in [3.63, 3.8) is 0 Å². The molecule has 4 rings (SSSR count). The third kappa shape index (κ3) is 5.37. The summed E-state index contributed by atoms with van der Waals surface area (Å²) in [6.45, 7) is 2.57. The summed E-state index contributed by atoms with van der Waals surface area (Å²) in [5.74, 6) is 0.383. The molecule has 0 aliphatic carbocycles. The number of ether oxygens (including phenoxy) is 1. The summed E-state index contributed by atoms with van der Waals surface area (Å²) in [7, 11) is 0. The van der Waals surface area contributed by atoms with Gasteiger partial charge in [-0.2, -0.15) is 0 Å². The highest BCUT2D eigenvalue weighted by Gasteiger charge is 2.18. The third-order valence-corrected chi connectivity index (χ3v) is 6.56. The van der Waals surface area contributed by atoms with Gasteiger partial charge in [-0.1, -0.05) is 93.0 Å². The molecule has 0 heterocycles. The maximum Gasteiger partial charge on any atom is 0.314 e. The first kappa shape index (κ1) is 22.9. The SMILES string of the molecule is CC(CCCCCCCCCN=[N+]=[N-])C(=O)Oc1ccc2ccc3cccc4ccc1c2c34. The molecule has 5 nitrogen and oxygen atoms in total. The molecule has 0 aromatic heterocycles. The molecule has 0 saturated heterocycles. The van der Waals surface area contributed by atoms with E-state index in [1.165, 1.54) is 46.2 Å². The van der Waals surface area contributed by atoms with Gasteiger partial charge in [0.05, 0.1) is 5.92 Å². The Morgan fingerprint density at radius 3 is 2.18 bits per heavy atom. The Bertz CT molecular complexity index is 1260. The van der Waals surface area contributed by atoms with Crippen LogP contribution in [0, 0.1) is 5.92 Å². The fraction of sp³-hybridized carbons (Fsp3) is 0.393. The molecule has 0 spiro atoms. The van der Waals surface area contributed by atoms with E-state index in [1.54, 1.807) is 0 Å². The van der Waals surface area contributed by atoms with Gasteiger partial charge in [-0.15, -0.1) is 0 Å². The lowest BCUT2D eigenvalue weighted by molar-refractivity contribution is -0.138. The minimum atomic E-state index is -0.150. The van der Waals surface area contributed by atoms with E-state index in [0.717, 1.165) is 37.5 Å². The fourth-order valence-electron chi connectivity index (χ4n) is 4.69. The topological polar surface area (TPSA) is 75.1 Å². The summed E-state index contributed by atoms with van der Waals surface area (Å²) in [4.78, 5) is 15.6. The number of esters is 1. The van der Waals surface area contributed by atoms with Crippen LogP contribution in [-0.4, -0.2) is 12.5 Å². The van der Waals surface area contributed by atoms with Crippen molar-refractivity contribution in [2.45, 2.75) is 58.3 Å². The molecule has 1 unspecified atom stereocenters. The van der Waals surface area contributed by atoms with Crippen LogP contribution in [0.2, 0.25) is 0 Å². The molecule has 0 N–H and O–H groups in total. The zero-order valence-corrected chi connectivity index (χ0v) is 19.3. The second-order valence-corrected chi connectivity index (χ2v) is 8.96. The van der Waals surface area contributed by atoms with Gasteiger partial charge in [0.2, 0.25) is 0 Å². The summed E-state index contributed by atoms with van der Waals surface area (Å²) >= 11 is 0. The van der Waals surface area contributed by atoms with Crippen molar-refractivity contribution in [1.82, 2.24) is 0 Å². The van der Waals surface area contributed by atoms with Crippen molar-refractivity contribution in [3.8, 4) is 5.75 Å². The lowest BCUT2D eigenvalue weighted by Gasteiger charge is -2.15. The molecule has 0 fully saturated rings. The number of hydrogen-bond acceptors (Lipinski definition) is 3. The summed E-state index contributed by atoms with van der Waals surface area (Å²) in [5, 5.41) is 10.5. The lowest BCUT2D eigenvalue weighted by Crippen LogP contribution is -2.18. The van der Waals surface area contributed by atoms with Crippen molar-refractivity contribution in [1.29, 1.82) is 0 Å². The Morgan fingerprint density at radius 1 is 0.848 bits per heavy atom. The average Bonchev–Trinajstić information content (AvgIpc) is 2.84. The normalized spacial score (nSPS) is 12.3. The molecule has 170 valence electrons. The van der Waals surface area contributed by atoms with Crippen LogP contribution in [0.1, 0.15) is 58.3 Å². The van der Waals surface area contributed by atoms with Crippen LogP contribution < -0.4 is 4.74 Å². The third-order valence-electron chi connectivity index (χ3n) is 6.56. The standard InChI is InChI=1S/C28H31N3O2/c1-20(10-7-5-3-2-4-6-8-19-30-31-29)28(32)33-25-18-16-23-14-13-21-11-9-12-22-15-17-24(25)27(23)26(21)22/h9,11-18,20H,2-8,10,19H2,1H3. The van der Waals surface area contributed by atoms with E-state index in [9.17, 15) is 4.79 Å². The Labute approximate surface area is 194 Å². The molecule has 0 aliphatic rings. The molecule has 0 saturated carbocycles. The van der Waals surface area contributed by atoms with E-state index in [1.807, 2.05) is 19.1 Å². The van der Waals surface area contributed by atoms with E-state index in [0.29, 0.717) is 12.3 Å². The summed E-state index contributed by atoms with van der Waals surface area (Å²) < 4.78 is 5.90. The highest BCUT2D eigenvalue weighted by atomic mass is 16.5. The molecule has 1 atom stereocenters. The molecule has 0 amide bonds. The van der Waals surface area contributed by atoms with Crippen LogP contribution in [0.15, 0.2) is 59.7 Å². The fourth-order valence-corrected chi connectivity index (χ4v) is 4.69. The molecular weight excluding hydrogens is 410 g/mol. The Morgan fingerprint density at radius 2 is 1.45 bits per heavy atom. The number of benzene rings is 4. The smallest absolute Gasteiger partial charge is 0.314 e. The Kier molecular flexibility index (Phi) is 7.64. The predicted octanol–water partition coefficient (Wildman–Crippen LogP) is 8.56. The quantitative estimate of drug-likeness (QED) is 0.0420. The summed E-state index contributed by atoms with van der Waals surface area (Å²) in [6.07, 6.45) is 8.64. The van der Waals surface area contributed by atoms with Gasteiger partial charge in [0.25, 0.3) is 0 Å². The van der Waals surface area contributed by atoms with Crippen LogP contribution in [0.3, 0.4) is 0 Å². The molecule has 4 aromatic rings. The molecule has 0 aliphatic heterocycles. The molecule has 5 heteroatoms. The van der Waals surface area contributed by atoms with Gasteiger partial charge in [-0.05, 0) is 52.1 Å². The lowest BCUT2D eigenvalue weighted by atomic mass is 9.94. The first-order valence-electron chi connectivity index (χ1n) is 12.1. The largest absolute Gasteiger partial charge is 0.426 e. The Hall–Kier alpha value is -3.30. The highest BCUT2D eigenvalue weighted by molar-refractivity contribution is 6.24. The summed E-state index contributed by atoms with van der Waals surface area (Å²) in [6, 6.07) is 18.8. The van der Waals surface area contributed by atoms with Gasteiger partial charge < -0.3 is 4.74 Å². The number of carbonyl (C=O) groups excluding carboxylic acids is 1. The minimum absolute atomic E-state index is 0.118. The van der Waals surface area contributed by atoms with Crippen molar-refractivity contribution in [2.75, 3.05) is 6.54 Å². The molecule has 0 radical (unpaired) electrons. The maximum absolute atomic E-state index is 12.8. The van der Waals surface area contributed by atoms with Crippen molar-refractivity contribution >= 4 is 38.3 Å². The second-order valence-electron chi connectivity index (χ2n) is 8.96. The highest BCUT2D eigenvalue weighted by Crippen LogP contribution is 2.38. The van der Waals surface area contributed by atoms with E-state index in [-0.39, 0.29) is 11.9 Å². The van der Waals surface area contributed by atoms with Crippen molar-refractivity contribution < 1.29 is 9.53 Å². The minimum Gasteiger partial charge on any atom is -0.426 e. The van der Waals surface area contributed by atoms with E-state index < -0.39 is 0 Å². The van der Waals surface area contributed by atoms with E-state index >= 15 is 0 Å². The van der Waals surface area contributed by atoms with Crippen LogP contribution in [0.5, 0.6) is 5.75 Å². The van der Waals surface area contributed by atoms with Crippen LogP contribution >= 0.6 is 0 Å². The van der Waals surface area contributed by atoms with Gasteiger partial charge in [0, 0.05) is 22.2 Å². The van der Waals surface area contributed by atoms with Gasteiger partial charge in [0.15, 0.2) is 0 Å². The number of azide groups is 1. The first-order chi connectivity index (χ1) is 16.2. The van der Waals surface area contributed by atoms with Gasteiger partial charge in [0.1, 0.15) is 5.75 Å². The maximum atomic E-state index is 12.8. The molecule has 0 bridgehead atoms. The Balaban J connectivity index is 1.31. The average molecular weight is 442 g/mol. The molecule has 33 heavy (non-hydrogen) atoms. The predicted molar refractivity (Wildman–Crippen MR) is 136 cm³/mol. The number of carbonyl (C=O) groups is 1. The van der Waals surface area contributed by atoms with Crippen molar-refractivity contribution in [3.05, 3.63) is 65.0 Å². The van der Waals surface area contributed by atoms with Crippen LogP contribution in [-0.2, 0) is 4.79 Å². The number of nitrogens with zero attached hydrogens (tertiary/aromatic N) is 3. The van der Waals surface area contributed by atoms with Gasteiger partial charge >= 0.3 is 5.97 Å².